The van der Waals surface area contributed by atoms with Gasteiger partial charge in [-0.15, -0.1) is 11.3 Å². The van der Waals surface area contributed by atoms with Crippen LogP contribution in [0.1, 0.15) is 11.5 Å². The monoisotopic (exact) mass is 222 g/mol. The molecule has 2 rings (SSSR count). The fourth-order valence-corrected chi connectivity index (χ4v) is 1.84. The summed E-state index contributed by atoms with van der Waals surface area (Å²) < 4.78 is 5.08. The molecule has 5 heteroatoms. The van der Waals surface area contributed by atoms with Crippen LogP contribution < -0.4 is 5.73 Å². The summed E-state index contributed by atoms with van der Waals surface area (Å²) >= 11 is 1.35. The minimum Gasteiger partial charge on any atom is -0.469 e. The van der Waals surface area contributed by atoms with Crippen LogP contribution in [-0.2, 0) is 17.6 Å². The molecule has 0 fully saturated rings. The van der Waals surface area contributed by atoms with Crippen molar-refractivity contribution < 1.29 is 9.21 Å². The molecule has 0 spiro atoms. The number of Topliss-reactive ketones (excluding diaryl/α,β-unsaturated/α-hetero) is 1. The number of carbonyl (C=O) groups is 1. The molecule has 2 aromatic heterocycles. The van der Waals surface area contributed by atoms with Gasteiger partial charge in [-0.2, -0.15) is 0 Å². The molecule has 0 saturated heterocycles. The summed E-state index contributed by atoms with van der Waals surface area (Å²) in [4.78, 5) is 15.6. The van der Waals surface area contributed by atoms with Gasteiger partial charge in [0.1, 0.15) is 11.5 Å². The zero-order valence-corrected chi connectivity index (χ0v) is 8.79. The molecular weight excluding hydrogens is 212 g/mol. The Balaban J connectivity index is 1.93. The van der Waals surface area contributed by atoms with E-state index in [2.05, 4.69) is 4.98 Å². The summed E-state index contributed by atoms with van der Waals surface area (Å²) in [6.07, 6.45) is 2.18. The van der Waals surface area contributed by atoms with Crippen LogP contribution in [-0.4, -0.2) is 10.8 Å². The molecule has 0 bridgehead atoms. The lowest BCUT2D eigenvalue weighted by molar-refractivity contribution is -0.118. The number of nitrogen functional groups attached to an aromatic ring is 1. The van der Waals surface area contributed by atoms with Crippen molar-refractivity contribution >= 4 is 22.3 Å². The molecule has 2 heterocycles. The molecule has 0 aliphatic rings. The van der Waals surface area contributed by atoms with E-state index in [9.17, 15) is 4.79 Å². The number of hydrogen-bond acceptors (Lipinski definition) is 5. The Kier molecular flexibility index (Phi) is 2.82. The lowest BCUT2D eigenvalue weighted by Gasteiger charge is -1.94. The van der Waals surface area contributed by atoms with Crippen molar-refractivity contribution in [1.82, 2.24) is 4.98 Å². The van der Waals surface area contributed by atoms with Gasteiger partial charge in [-0.05, 0) is 12.1 Å². The first-order valence-electron chi connectivity index (χ1n) is 4.48. The van der Waals surface area contributed by atoms with Crippen molar-refractivity contribution in [3.63, 3.8) is 0 Å². The number of furan rings is 1. The quantitative estimate of drug-likeness (QED) is 0.854. The van der Waals surface area contributed by atoms with E-state index in [-0.39, 0.29) is 5.78 Å². The van der Waals surface area contributed by atoms with Gasteiger partial charge in [-0.3, -0.25) is 4.79 Å². The van der Waals surface area contributed by atoms with Gasteiger partial charge in [-0.1, -0.05) is 0 Å². The number of carbonyl (C=O) groups excluding carboxylic acids is 1. The second-order valence-corrected chi connectivity index (χ2v) is 4.04. The number of thiazole rings is 1. The zero-order valence-electron chi connectivity index (χ0n) is 7.97. The van der Waals surface area contributed by atoms with Gasteiger partial charge in [0.05, 0.1) is 24.8 Å². The minimum atomic E-state index is 0.0789. The van der Waals surface area contributed by atoms with Crippen LogP contribution in [0.3, 0.4) is 0 Å². The zero-order chi connectivity index (χ0) is 10.7. The Hall–Kier alpha value is -1.62. The highest BCUT2D eigenvalue weighted by Gasteiger charge is 2.09. The summed E-state index contributed by atoms with van der Waals surface area (Å²) in [6, 6.07) is 3.55. The maximum atomic E-state index is 11.6. The van der Waals surface area contributed by atoms with Crippen molar-refractivity contribution in [3.8, 4) is 0 Å². The third kappa shape index (κ3) is 2.66. The number of aromatic nitrogens is 1. The molecule has 0 amide bonds. The van der Waals surface area contributed by atoms with Gasteiger partial charge in [-0.25, -0.2) is 4.98 Å². The van der Waals surface area contributed by atoms with Gasteiger partial charge in [0, 0.05) is 5.38 Å². The average Bonchev–Trinajstić information content (AvgIpc) is 2.77. The maximum absolute atomic E-state index is 11.6. The molecule has 78 valence electrons. The van der Waals surface area contributed by atoms with Crippen LogP contribution in [0, 0.1) is 0 Å². The van der Waals surface area contributed by atoms with E-state index in [1.807, 2.05) is 0 Å². The van der Waals surface area contributed by atoms with Crippen molar-refractivity contribution in [1.29, 1.82) is 0 Å². The largest absolute Gasteiger partial charge is 0.469 e. The van der Waals surface area contributed by atoms with E-state index < -0.39 is 0 Å². The van der Waals surface area contributed by atoms with E-state index in [1.165, 1.54) is 11.3 Å². The van der Waals surface area contributed by atoms with Gasteiger partial charge < -0.3 is 10.2 Å². The van der Waals surface area contributed by atoms with E-state index in [0.717, 1.165) is 5.69 Å². The van der Waals surface area contributed by atoms with Gasteiger partial charge >= 0.3 is 0 Å². The number of nitrogens with two attached hydrogens (primary N) is 1. The summed E-state index contributed by atoms with van der Waals surface area (Å²) in [7, 11) is 0. The third-order valence-electron chi connectivity index (χ3n) is 1.90. The summed E-state index contributed by atoms with van der Waals surface area (Å²) in [5.74, 6) is 0.762. The molecular formula is C10H10N2O2S. The summed E-state index contributed by atoms with van der Waals surface area (Å²) in [6.45, 7) is 0. The number of rotatable bonds is 4. The van der Waals surface area contributed by atoms with E-state index >= 15 is 0 Å². The number of anilines is 1. The van der Waals surface area contributed by atoms with Gasteiger partial charge in [0.15, 0.2) is 5.13 Å². The lowest BCUT2D eigenvalue weighted by Crippen LogP contribution is -2.06. The van der Waals surface area contributed by atoms with Crippen LogP contribution in [0.15, 0.2) is 28.2 Å². The second kappa shape index (κ2) is 4.27. The highest BCUT2D eigenvalue weighted by atomic mass is 32.1. The predicted molar refractivity (Wildman–Crippen MR) is 57.6 cm³/mol. The van der Waals surface area contributed by atoms with Crippen LogP contribution in [0.2, 0.25) is 0 Å². The van der Waals surface area contributed by atoms with Crippen LogP contribution >= 0.6 is 11.3 Å². The molecule has 0 aliphatic carbocycles. The Bertz CT molecular complexity index is 448. The smallest absolute Gasteiger partial charge is 0.180 e. The minimum absolute atomic E-state index is 0.0789. The molecule has 0 aromatic carbocycles. The standard InChI is InChI=1S/C10H10N2O2S/c11-10-12-7(6-15-10)4-8(13)5-9-2-1-3-14-9/h1-3,6H,4-5H2,(H2,11,12). The first kappa shape index (κ1) is 9.92. The Morgan fingerprint density at radius 1 is 1.53 bits per heavy atom. The fraction of sp³-hybridized carbons (Fsp3) is 0.200. The van der Waals surface area contributed by atoms with E-state index in [0.29, 0.717) is 23.7 Å². The molecule has 0 unspecified atom stereocenters. The topological polar surface area (TPSA) is 69.1 Å². The predicted octanol–water partition coefficient (Wildman–Crippen LogP) is 1.67. The second-order valence-electron chi connectivity index (χ2n) is 3.15. The molecule has 4 nitrogen and oxygen atoms in total. The number of hydrogen-bond donors (Lipinski definition) is 1. The molecule has 15 heavy (non-hydrogen) atoms. The molecule has 2 aromatic rings. The summed E-state index contributed by atoms with van der Waals surface area (Å²) in [5, 5.41) is 2.30. The van der Waals surface area contributed by atoms with Crippen molar-refractivity contribution in [2.75, 3.05) is 5.73 Å². The highest BCUT2D eigenvalue weighted by Crippen LogP contribution is 2.12. The van der Waals surface area contributed by atoms with Gasteiger partial charge in [0.2, 0.25) is 0 Å². The maximum Gasteiger partial charge on any atom is 0.180 e. The van der Waals surface area contributed by atoms with E-state index in [4.69, 9.17) is 10.2 Å². The Morgan fingerprint density at radius 2 is 2.40 bits per heavy atom. The first-order valence-corrected chi connectivity index (χ1v) is 5.36. The lowest BCUT2D eigenvalue weighted by atomic mass is 10.1. The highest BCUT2D eigenvalue weighted by molar-refractivity contribution is 7.13. The molecule has 0 saturated carbocycles. The van der Waals surface area contributed by atoms with Crippen molar-refractivity contribution in [2.45, 2.75) is 12.8 Å². The van der Waals surface area contributed by atoms with E-state index in [1.54, 1.807) is 23.8 Å². The molecule has 0 radical (unpaired) electrons. The van der Waals surface area contributed by atoms with Gasteiger partial charge in [0.25, 0.3) is 0 Å². The SMILES string of the molecule is Nc1nc(CC(=O)Cc2ccco2)cs1. The Morgan fingerprint density at radius 3 is 3.00 bits per heavy atom. The van der Waals surface area contributed by atoms with Crippen LogP contribution in [0.25, 0.3) is 0 Å². The third-order valence-corrected chi connectivity index (χ3v) is 2.62. The van der Waals surface area contributed by atoms with Crippen molar-refractivity contribution in [3.05, 3.63) is 35.2 Å². The van der Waals surface area contributed by atoms with Crippen LogP contribution in [0.5, 0.6) is 0 Å². The number of ketones is 1. The summed E-state index contributed by atoms with van der Waals surface area (Å²) in [5.41, 5.74) is 6.20. The average molecular weight is 222 g/mol. The molecule has 0 aliphatic heterocycles. The molecule has 2 N–H and O–H groups in total. The molecule has 0 atom stereocenters. The Labute approximate surface area is 90.7 Å². The fourth-order valence-electron chi connectivity index (χ4n) is 1.28. The van der Waals surface area contributed by atoms with Crippen molar-refractivity contribution in [2.24, 2.45) is 0 Å². The normalized spacial score (nSPS) is 10.4. The first-order chi connectivity index (χ1) is 7.24. The number of nitrogens with zero attached hydrogens (tertiary/aromatic N) is 1. The van der Waals surface area contributed by atoms with Crippen LogP contribution in [0.4, 0.5) is 5.13 Å².